The minimum Gasteiger partial charge on any atom is -0.507 e. The fourth-order valence-electron chi connectivity index (χ4n) is 2.26. The van der Waals surface area contributed by atoms with Gasteiger partial charge in [0, 0.05) is 18.7 Å². The van der Waals surface area contributed by atoms with Crippen LogP contribution in [0.2, 0.25) is 0 Å². The first-order chi connectivity index (χ1) is 9.29. The Morgan fingerprint density at radius 3 is 2.70 bits per heavy atom. The van der Waals surface area contributed by atoms with E-state index in [0.29, 0.717) is 16.5 Å². The van der Waals surface area contributed by atoms with Crippen molar-refractivity contribution in [1.82, 2.24) is 4.90 Å². The van der Waals surface area contributed by atoms with Crippen molar-refractivity contribution in [2.45, 2.75) is 19.0 Å². The van der Waals surface area contributed by atoms with E-state index < -0.39 is 18.0 Å². The minimum atomic E-state index is -4.27. The second-order valence-electron chi connectivity index (χ2n) is 4.80. The Balaban J connectivity index is 2.14. The van der Waals surface area contributed by atoms with E-state index in [1.807, 2.05) is 22.6 Å². The van der Waals surface area contributed by atoms with E-state index in [2.05, 4.69) is 0 Å². The Hall–Kier alpha value is -0.990. The second kappa shape index (κ2) is 5.79. The molecule has 1 aliphatic heterocycles. The van der Waals surface area contributed by atoms with Crippen LogP contribution in [0, 0.1) is 9.49 Å². The Kier molecular flexibility index (Phi) is 4.46. The van der Waals surface area contributed by atoms with Crippen LogP contribution in [0.5, 0.6) is 5.75 Å². The fourth-order valence-corrected chi connectivity index (χ4v) is 2.59. The third-order valence-electron chi connectivity index (χ3n) is 3.36. The van der Waals surface area contributed by atoms with Gasteiger partial charge in [0.05, 0.1) is 9.49 Å². The standard InChI is InChI=1S/C13H13F3INO2/c14-13(15,16)9-2-1-5-18(7-9)12(20)8-3-4-10(17)11(19)6-8/h3-4,6,9,19H,1-2,5,7H2. The predicted molar refractivity (Wildman–Crippen MR) is 75.5 cm³/mol. The maximum Gasteiger partial charge on any atom is 0.393 e. The third-order valence-corrected chi connectivity index (χ3v) is 4.28. The van der Waals surface area contributed by atoms with E-state index >= 15 is 0 Å². The van der Waals surface area contributed by atoms with E-state index in [1.165, 1.54) is 17.0 Å². The van der Waals surface area contributed by atoms with Crippen molar-refractivity contribution in [3.8, 4) is 5.75 Å². The highest BCUT2D eigenvalue weighted by atomic mass is 127. The highest BCUT2D eigenvalue weighted by Gasteiger charge is 2.42. The number of carbonyl (C=O) groups is 1. The molecule has 1 aromatic rings. The molecule has 7 heteroatoms. The van der Waals surface area contributed by atoms with Gasteiger partial charge in [-0.2, -0.15) is 13.2 Å². The SMILES string of the molecule is O=C(c1ccc(I)c(O)c1)N1CCCC(C(F)(F)F)C1. The van der Waals surface area contributed by atoms with Crippen LogP contribution in [0.3, 0.4) is 0 Å². The smallest absolute Gasteiger partial charge is 0.393 e. The van der Waals surface area contributed by atoms with Crippen LogP contribution in [0.15, 0.2) is 18.2 Å². The van der Waals surface area contributed by atoms with Crippen LogP contribution < -0.4 is 0 Å². The molecule has 1 atom stereocenters. The van der Waals surface area contributed by atoms with Gasteiger partial charge >= 0.3 is 6.18 Å². The average molecular weight is 399 g/mol. The third kappa shape index (κ3) is 3.36. The topological polar surface area (TPSA) is 40.5 Å². The number of carbonyl (C=O) groups excluding carboxylic acids is 1. The number of rotatable bonds is 1. The molecule has 0 aromatic heterocycles. The highest BCUT2D eigenvalue weighted by molar-refractivity contribution is 14.1. The number of likely N-dealkylation sites (tertiary alicyclic amines) is 1. The maximum atomic E-state index is 12.7. The summed E-state index contributed by atoms with van der Waals surface area (Å²) in [6.07, 6.45) is -3.87. The molecule has 110 valence electrons. The zero-order valence-corrected chi connectivity index (χ0v) is 12.6. The first-order valence-electron chi connectivity index (χ1n) is 6.13. The molecule has 1 heterocycles. The molecule has 1 unspecified atom stereocenters. The number of phenolic OH excluding ortho intramolecular Hbond substituents is 1. The Morgan fingerprint density at radius 1 is 1.40 bits per heavy atom. The first-order valence-corrected chi connectivity index (χ1v) is 7.21. The number of piperidine rings is 1. The summed E-state index contributed by atoms with van der Waals surface area (Å²) in [5, 5.41) is 9.57. The normalized spacial score (nSPS) is 20.0. The average Bonchev–Trinajstić information content (AvgIpc) is 2.40. The van der Waals surface area contributed by atoms with Crippen LogP contribution in [0.4, 0.5) is 13.2 Å². The largest absolute Gasteiger partial charge is 0.507 e. The zero-order valence-electron chi connectivity index (χ0n) is 10.5. The van der Waals surface area contributed by atoms with E-state index in [9.17, 15) is 23.1 Å². The predicted octanol–water partition coefficient (Wildman–Crippen LogP) is 3.41. The lowest BCUT2D eigenvalue weighted by atomic mass is 9.97. The molecule has 0 bridgehead atoms. The molecule has 1 amide bonds. The summed E-state index contributed by atoms with van der Waals surface area (Å²) in [6.45, 7) is 0.00719. The van der Waals surface area contributed by atoms with Crippen LogP contribution in [-0.4, -0.2) is 35.2 Å². The molecule has 1 saturated heterocycles. The van der Waals surface area contributed by atoms with Crippen molar-refractivity contribution in [1.29, 1.82) is 0 Å². The minimum absolute atomic E-state index is 0.0409. The van der Waals surface area contributed by atoms with Crippen molar-refractivity contribution >= 4 is 28.5 Å². The lowest BCUT2D eigenvalue weighted by Gasteiger charge is -2.33. The lowest BCUT2D eigenvalue weighted by Crippen LogP contribution is -2.44. The Bertz CT molecular complexity index is 519. The highest BCUT2D eigenvalue weighted by Crippen LogP contribution is 2.33. The summed E-state index contributed by atoms with van der Waals surface area (Å²) in [5.41, 5.74) is 0.214. The van der Waals surface area contributed by atoms with Gasteiger partial charge in [0.15, 0.2) is 0 Å². The van der Waals surface area contributed by atoms with Gasteiger partial charge < -0.3 is 10.0 Å². The van der Waals surface area contributed by atoms with Crippen molar-refractivity contribution in [3.63, 3.8) is 0 Å². The maximum absolute atomic E-state index is 12.7. The number of aromatic hydroxyl groups is 1. The number of alkyl halides is 3. The van der Waals surface area contributed by atoms with Gasteiger partial charge in [0.1, 0.15) is 5.75 Å². The molecular formula is C13H13F3INO2. The Morgan fingerprint density at radius 2 is 2.10 bits per heavy atom. The van der Waals surface area contributed by atoms with E-state index in [-0.39, 0.29) is 24.3 Å². The second-order valence-corrected chi connectivity index (χ2v) is 5.96. The van der Waals surface area contributed by atoms with Gasteiger partial charge in [0.2, 0.25) is 0 Å². The van der Waals surface area contributed by atoms with E-state index in [1.54, 1.807) is 6.07 Å². The Labute approximate surface area is 127 Å². The molecule has 3 nitrogen and oxygen atoms in total. The van der Waals surface area contributed by atoms with Gasteiger partial charge in [-0.15, -0.1) is 0 Å². The first kappa shape index (κ1) is 15.4. The number of benzene rings is 1. The molecule has 1 aromatic carbocycles. The lowest BCUT2D eigenvalue weighted by molar-refractivity contribution is -0.184. The quantitative estimate of drug-likeness (QED) is 0.736. The number of hydrogen-bond donors (Lipinski definition) is 1. The number of halogens is 4. The summed E-state index contributed by atoms with van der Waals surface area (Å²) in [5.74, 6) is -1.97. The van der Waals surface area contributed by atoms with Gasteiger partial charge in [-0.1, -0.05) is 0 Å². The molecule has 1 N–H and O–H groups in total. The molecule has 2 rings (SSSR count). The van der Waals surface area contributed by atoms with Crippen molar-refractivity contribution < 1.29 is 23.1 Å². The molecule has 1 aliphatic rings. The van der Waals surface area contributed by atoms with Gasteiger partial charge in [-0.25, -0.2) is 0 Å². The van der Waals surface area contributed by atoms with E-state index in [4.69, 9.17) is 0 Å². The van der Waals surface area contributed by atoms with E-state index in [0.717, 1.165) is 0 Å². The molecule has 0 saturated carbocycles. The van der Waals surface area contributed by atoms with Gasteiger partial charge in [0.25, 0.3) is 5.91 Å². The fraction of sp³-hybridized carbons (Fsp3) is 0.462. The van der Waals surface area contributed by atoms with Crippen LogP contribution in [0.1, 0.15) is 23.2 Å². The van der Waals surface area contributed by atoms with Gasteiger partial charge in [-0.3, -0.25) is 4.79 Å². The zero-order chi connectivity index (χ0) is 14.9. The monoisotopic (exact) mass is 399 g/mol. The summed E-state index contributed by atoms with van der Waals surface area (Å²) in [6, 6.07) is 4.37. The van der Waals surface area contributed by atoms with Crippen molar-refractivity contribution in [3.05, 3.63) is 27.3 Å². The summed E-state index contributed by atoms with van der Waals surface area (Å²) in [7, 11) is 0. The molecule has 1 fully saturated rings. The number of phenols is 1. The number of nitrogens with zero attached hydrogens (tertiary/aromatic N) is 1. The molecule has 20 heavy (non-hydrogen) atoms. The van der Waals surface area contributed by atoms with Crippen LogP contribution in [-0.2, 0) is 0 Å². The number of hydrogen-bond acceptors (Lipinski definition) is 2. The van der Waals surface area contributed by atoms with Crippen LogP contribution in [0.25, 0.3) is 0 Å². The summed E-state index contributed by atoms with van der Waals surface area (Å²) in [4.78, 5) is 13.4. The molecular weight excluding hydrogens is 386 g/mol. The summed E-state index contributed by atoms with van der Waals surface area (Å²) < 4.78 is 38.7. The number of amides is 1. The van der Waals surface area contributed by atoms with Crippen molar-refractivity contribution in [2.24, 2.45) is 5.92 Å². The summed E-state index contributed by atoms with van der Waals surface area (Å²) >= 11 is 1.91. The molecule has 0 spiro atoms. The molecule has 0 aliphatic carbocycles. The molecule has 0 radical (unpaired) electrons. The van der Waals surface area contributed by atoms with Gasteiger partial charge in [-0.05, 0) is 53.6 Å². The van der Waals surface area contributed by atoms with Crippen LogP contribution >= 0.6 is 22.6 Å². The van der Waals surface area contributed by atoms with Crippen molar-refractivity contribution in [2.75, 3.05) is 13.1 Å².